The summed E-state index contributed by atoms with van der Waals surface area (Å²) in [5, 5.41) is 0. The summed E-state index contributed by atoms with van der Waals surface area (Å²) < 4.78 is 5.19. The fraction of sp³-hybridized carbons (Fsp3) is 0.600. The van der Waals surface area contributed by atoms with E-state index in [0.29, 0.717) is 18.9 Å². The van der Waals surface area contributed by atoms with Crippen molar-refractivity contribution in [3.05, 3.63) is 24.3 Å². The van der Waals surface area contributed by atoms with Crippen LogP contribution in [0.1, 0.15) is 38.5 Å². The van der Waals surface area contributed by atoms with Gasteiger partial charge in [0, 0.05) is 43.1 Å². The Hall–Kier alpha value is -2.04. The lowest BCUT2D eigenvalue weighted by molar-refractivity contribution is -0.134. The quantitative estimate of drug-likeness (QED) is 0.849. The SMILES string of the molecule is COc1ccc(N2C[C@@]3(CCN(C(=O)C4CCCC4)C3)CC2=O)cc1. The fourth-order valence-electron chi connectivity index (χ4n) is 4.72. The Morgan fingerprint density at radius 3 is 2.56 bits per heavy atom. The van der Waals surface area contributed by atoms with Gasteiger partial charge < -0.3 is 14.5 Å². The number of ether oxygens (including phenoxy) is 1. The van der Waals surface area contributed by atoms with Crippen molar-refractivity contribution in [2.24, 2.45) is 11.3 Å². The number of nitrogens with zero attached hydrogens (tertiary/aromatic N) is 2. The zero-order chi connectivity index (χ0) is 17.4. The van der Waals surface area contributed by atoms with Gasteiger partial charge >= 0.3 is 0 Å². The monoisotopic (exact) mass is 342 g/mol. The average molecular weight is 342 g/mol. The number of methoxy groups -OCH3 is 1. The smallest absolute Gasteiger partial charge is 0.227 e. The van der Waals surface area contributed by atoms with E-state index >= 15 is 0 Å². The molecule has 25 heavy (non-hydrogen) atoms. The van der Waals surface area contributed by atoms with E-state index in [9.17, 15) is 9.59 Å². The van der Waals surface area contributed by atoms with Crippen molar-refractivity contribution in [3.8, 4) is 5.75 Å². The molecular formula is C20H26N2O3. The number of carbonyl (C=O) groups is 2. The molecule has 0 radical (unpaired) electrons. The second kappa shape index (κ2) is 6.36. The van der Waals surface area contributed by atoms with Crippen LogP contribution in [0.25, 0.3) is 0 Å². The lowest BCUT2D eigenvalue weighted by Crippen LogP contribution is -2.36. The molecule has 2 heterocycles. The van der Waals surface area contributed by atoms with Gasteiger partial charge in [0.15, 0.2) is 0 Å². The standard InChI is InChI=1S/C20H26N2O3/c1-25-17-8-6-16(7-9-17)22-14-20(12-18(22)23)10-11-21(13-20)19(24)15-4-2-3-5-15/h6-9,15H,2-5,10-14H2,1H3/t20-/m0/s1. The molecule has 2 amide bonds. The molecule has 4 rings (SSSR count). The lowest BCUT2D eigenvalue weighted by Gasteiger charge is -2.25. The van der Waals surface area contributed by atoms with Crippen molar-refractivity contribution >= 4 is 17.5 Å². The Balaban J connectivity index is 1.45. The summed E-state index contributed by atoms with van der Waals surface area (Å²) >= 11 is 0. The van der Waals surface area contributed by atoms with Crippen molar-refractivity contribution in [1.82, 2.24) is 4.90 Å². The maximum absolute atomic E-state index is 12.7. The van der Waals surface area contributed by atoms with Gasteiger partial charge in [0.1, 0.15) is 5.75 Å². The van der Waals surface area contributed by atoms with Crippen LogP contribution in [0.3, 0.4) is 0 Å². The van der Waals surface area contributed by atoms with Gasteiger partial charge in [0.25, 0.3) is 0 Å². The second-order valence-corrected chi connectivity index (χ2v) is 7.85. The van der Waals surface area contributed by atoms with E-state index in [-0.39, 0.29) is 17.2 Å². The van der Waals surface area contributed by atoms with Gasteiger partial charge in [0.2, 0.25) is 11.8 Å². The summed E-state index contributed by atoms with van der Waals surface area (Å²) in [6, 6.07) is 7.65. The summed E-state index contributed by atoms with van der Waals surface area (Å²) in [5.41, 5.74) is 0.855. The molecule has 2 saturated heterocycles. The Morgan fingerprint density at radius 2 is 1.88 bits per heavy atom. The number of carbonyl (C=O) groups excluding carboxylic acids is 2. The van der Waals surface area contributed by atoms with E-state index in [0.717, 1.165) is 43.8 Å². The Labute approximate surface area is 148 Å². The topological polar surface area (TPSA) is 49.9 Å². The van der Waals surface area contributed by atoms with E-state index < -0.39 is 0 Å². The average Bonchev–Trinajstić information content (AvgIpc) is 3.36. The molecule has 1 aliphatic carbocycles. The maximum Gasteiger partial charge on any atom is 0.227 e. The minimum Gasteiger partial charge on any atom is -0.497 e. The molecule has 0 aromatic heterocycles. The minimum atomic E-state index is -0.0642. The zero-order valence-electron chi connectivity index (χ0n) is 14.9. The number of anilines is 1. The summed E-state index contributed by atoms with van der Waals surface area (Å²) in [6.07, 6.45) is 5.92. The van der Waals surface area contributed by atoms with Crippen molar-refractivity contribution < 1.29 is 14.3 Å². The number of hydrogen-bond donors (Lipinski definition) is 0. The summed E-state index contributed by atoms with van der Waals surface area (Å²) in [6.45, 7) is 2.26. The molecular weight excluding hydrogens is 316 g/mol. The highest BCUT2D eigenvalue weighted by molar-refractivity contribution is 5.96. The molecule has 3 fully saturated rings. The van der Waals surface area contributed by atoms with Gasteiger partial charge in [-0.2, -0.15) is 0 Å². The molecule has 0 N–H and O–H groups in total. The number of hydrogen-bond acceptors (Lipinski definition) is 3. The first kappa shape index (κ1) is 16.4. The lowest BCUT2D eigenvalue weighted by atomic mass is 9.86. The normalized spacial score (nSPS) is 26.8. The molecule has 1 aromatic rings. The molecule has 134 valence electrons. The molecule has 3 aliphatic rings. The summed E-state index contributed by atoms with van der Waals surface area (Å²) in [7, 11) is 1.64. The Bertz CT molecular complexity index is 666. The molecule has 1 aromatic carbocycles. The van der Waals surface area contributed by atoms with E-state index in [2.05, 4.69) is 0 Å². The molecule has 0 unspecified atom stereocenters. The van der Waals surface area contributed by atoms with Gasteiger partial charge in [0.05, 0.1) is 7.11 Å². The van der Waals surface area contributed by atoms with Crippen LogP contribution in [0.2, 0.25) is 0 Å². The highest BCUT2D eigenvalue weighted by atomic mass is 16.5. The minimum absolute atomic E-state index is 0.0642. The van der Waals surface area contributed by atoms with Gasteiger partial charge in [-0.15, -0.1) is 0 Å². The number of amides is 2. The van der Waals surface area contributed by atoms with Crippen molar-refractivity contribution in [1.29, 1.82) is 0 Å². The van der Waals surface area contributed by atoms with Crippen LogP contribution in [0.5, 0.6) is 5.75 Å². The molecule has 2 aliphatic heterocycles. The van der Waals surface area contributed by atoms with Crippen LogP contribution in [0.15, 0.2) is 24.3 Å². The molecule has 0 bridgehead atoms. The van der Waals surface area contributed by atoms with Crippen LogP contribution >= 0.6 is 0 Å². The Kier molecular flexibility index (Phi) is 4.18. The van der Waals surface area contributed by atoms with E-state index in [1.165, 1.54) is 12.8 Å². The highest BCUT2D eigenvalue weighted by Crippen LogP contribution is 2.43. The van der Waals surface area contributed by atoms with Gasteiger partial charge in [-0.3, -0.25) is 9.59 Å². The Morgan fingerprint density at radius 1 is 1.16 bits per heavy atom. The van der Waals surface area contributed by atoms with Crippen LogP contribution in [0.4, 0.5) is 5.69 Å². The van der Waals surface area contributed by atoms with Crippen LogP contribution in [-0.2, 0) is 9.59 Å². The van der Waals surface area contributed by atoms with Gasteiger partial charge in [-0.1, -0.05) is 12.8 Å². The third-order valence-corrected chi connectivity index (χ3v) is 6.16. The zero-order valence-corrected chi connectivity index (χ0v) is 14.9. The molecule has 1 atom stereocenters. The van der Waals surface area contributed by atoms with Gasteiger partial charge in [-0.25, -0.2) is 0 Å². The number of likely N-dealkylation sites (tertiary alicyclic amines) is 1. The third kappa shape index (κ3) is 3.00. The molecule has 1 saturated carbocycles. The molecule has 1 spiro atoms. The molecule has 5 heteroatoms. The number of benzene rings is 1. The van der Waals surface area contributed by atoms with Crippen LogP contribution in [-0.4, -0.2) is 43.5 Å². The predicted molar refractivity (Wildman–Crippen MR) is 95.6 cm³/mol. The fourth-order valence-corrected chi connectivity index (χ4v) is 4.72. The third-order valence-electron chi connectivity index (χ3n) is 6.16. The first-order valence-electron chi connectivity index (χ1n) is 9.33. The van der Waals surface area contributed by atoms with Crippen molar-refractivity contribution in [2.45, 2.75) is 38.5 Å². The van der Waals surface area contributed by atoms with Crippen molar-refractivity contribution in [3.63, 3.8) is 0 Å². The predicted octanol–water partition coefficient (Wildman–Crippen LogP) is 2.84. The number of rotatable bonds is 3. The van der Waals surface area contributed by atoms with Crippen LogP contribution < -0.4 is 9.64 Å². The second-order valence-electron chi connectivity index (χ2n) is 7.85. The van der Waals surface area contributed by atoms with Crippen molar-refractivity contribution in [2.75, 3.05) is 31.6 Å². The van der Waals surface area contributed by atoms with Gasteiger partial charge in [-0.05, 0) is 43.5 Å². The largest absolute Gasteiger partial charge is 0.497 e. The maximum atomic E-state index is 12.7. The van der Waals surface area contributed by atoms with Crippen LogP contribution in [0, 0.1) is 11.3 Å². The van der Waals surface area contributed by atoms with E-state index in [1.807, 2.05) is 34.1 Å². The van der Waals surface area contributed by atoms with E-state index in [1.54, 1.807) is 7.11 Å². The first-order valence-corrected chi connectivity index (χ1v) is 9.33. The summed E-state index contributed by atoms with van der Waals surface area (Å²) in [5.74, 6) is 1.51. The highest BCUT2D eigenvalue weighted by Gasteiger charge is 2.49. The van der Waals surface area contributed by atoms with E-state index in [4.69, 9.17) is 4.74 Å². The summed E-state index contributed by atoms with van der Waals surface area (Å²) in [4.78, 5) is 29.2. The first-order chi connectivity index (χ1) is 12.1. The molecule has 5 nitrogen and oxygen atoms in total.